The Morgan fingerprint density at radius 2 is 0.521 bits per heavy atom. The second-order valence-corrected chi connectivity index (χ2v) is 49.6. The topological polar surface area (TPSA) is 233 Å². The number of carbonyl (C=O) groups excluding carboxylic acids is 8. The molecule has 0 atom stereocenters. The Balaban J connectivity index is 0.000000255. The number of amides is 8. The van der Waals surface area contributed by atoms with E-state index in [1.807, 2.05) is 159 Å². The van der Waals surface area contributed by atoms with Crippen LogP contribution in [0, 0.1) is 29.1 Å². The number of rotatable bonds is 23. The van der Waals surface area contributed by atoms with Gasteiger partial charge in [-0.05, 0) is 258 Å². The molecule has 3 aliphatic carbocycles. The standard InChI is InChI=1S/C18H27NO.C18H21NO.C17H19NO.C16H23NO.2C16H25NO.C15H23NO.C14H19NO/c1-18(2,3)15-9-11-16(12-10-15)19-17(20)13-8-14-6-4-5-7-14;1-18(2,3)15-9-11-16(12-10-15)19-17(20)13-14-7-5-4-6-8-14;1-17(2,3)14-9-11-15(12-10-14)18-16(19)13-7-5-4-6-8-13;1-16(2,3)13-8-10-14(11-9-13)17-15(18)12-6-4-5-7-12;1-15(2,3)11-14(18)17-13-9-7-12(8-10-13)16(4,5)6;1-5-6-7-8-15(18)17-14-11-9-13(10-12-14)16(2,3)4;1-11(2)10-14(17)16-13-8-6-12(7-9-13)15(3,4)5;1-14(2,3)11-6-8-12(9-7-11)15-13(16)10-4-5-10/h9-12,14H,4-8,13H2,1-3H3,(H,19,20);4-12H,13H2,1-3H3,(H,19,20);4-12H,1-3H3,(H,18,19);8-12H,4-7H2,1-3H3,(H,17,18);7-10H,11H2,1-6H3,(H,17,18);9-12H,5-8H2,1-4H3,(H,17,18);6-9,11H,10H2,1-5H3,(H,16,17);6-10H,4-5H2,1-3H3,(H,15,16). The van der Waals surface area contributed by atoms with E-state index >= 15 is 0 Å². The van der Waals surface area contributed by atoms with Crippen molar-refractivity contribution in [3.05, 3.63) is 310 Å². The first-order valence-electron chi connectivity index (χ1n) is 53.5. The Morgan fingerprint density at radius 1 is 0.267 bits per heavy atom. The fraction of sp³-hybridized carbons (Fsp3) is 0.477. The van der Waals surface area contributed by atoms with Crippen molar-refractivity contribution < 1.29 is 38.4 Å². The van der Waals surface area contributed by atoms with E-state index in [1.165, 1.54) is 83.0 Å². The van der Waals surface area contributed by atoms with Crippen LogP contribution in [-0.4, -0.2) is 47.3 Å². The first-order chi connectivity index (χ1) is 68.1. The molecule has 16 nitrogen and oxygen atoms in total. The Bertz CT molecular complexity index is 5590. The van der Waals surface area contributed by atoms with Gasteiger partial charge in [0.05, 0.1) is 6.42 Å². The Kier molecular flexibility index (Phi) is 48.2. The predicted molar refractivity (Wildman–Crippen MR) is 620 cm³/mol. The Labute approximate surface area is 880 Å². The highest BCUT2D eigenvalue weighted by Crippen LogP contribution is 2.36. The van der Waals surface area contributed by atoms with Gasteiger partial charge in [0.2, 0.25) is 41.4 Å². The first kappa shape index (κ1) is 123. The lowest BCUT2D eigenvalue weighted by atomic mass is 9.87. The third kappa shape index (κ3) is 48.5. The lowest BCUT2D eigenvalue weighted by molar-refractivity contribution is -0.120. The minimum atomic E-state index is -0.0795. The van der Waals surface area contributed by atoms with Crippen molar-refractivity contribution in [2.75, 3.05) is 42.5 Å². The molecule has 790 valence electrons. The van der Waals surface area contributed by atoms with Crippen molar-refractivity contribution in [3.8, 4) is 0 Å². The van der Waals surface area contributed by atoms with Crippen LogP contribution in [0.1, 0.15) is 384 Å². The second kappa shape index (κ2) is 57.3. The van der Waals surface area contributed by atoms with Gasteiger partial charge in [-0.3, -0.25) is 38.4 Å². The van der Waals surface area contributed by atoms with Crippen molar-refractivity contribution in [1.82, 2.24) is 0 Å². The highest BCUT2D eigenvalue weighted by molar-refractivity contribution is 6.04. The van der Waals surface area contributed by atoms with Crippen LogP contribution in [0.25, 0.3) is 0 Å². The predicted octanol–water partition coefficient (Wildman–Crippen LogP) is 33.6. The monoisotopic (exact) mass is 1980 g/mol. The molecular weight excluding hydrogens is 1800 g/mol. The summed E-state index contributed by atoms with van der Waals surface area (Å²) >= 11 is 0. The lowest BCUT2D eigenvalue weighted by Crippen LogP contribution is -2.20. The molecular formula is C130H182N8O8. The number of carbonyl (C=O) groups is 8. The molecule has 10 aromatic carbocycles. The van der Waals surface area contributed by atoms with E-state index in [0.717, 1.165) is 108 Å². The number of hydrogen-bond donors (Lipinski definition) is 8. The average molecular weight is 1980 g/mol. The minimum Gasteiger partial charge on any atom is -0.326 e. The molecule has 16 heteroatoms. The number of unbranched alkanes of at least 4 members (excludes halogenated alkanes) is 2. The van der Waals surface area contributed by atoms with Crippen LogP contribution in [0.15, 0.2) is 255 Å². The summed E-state index contributed by atoms with van der Waals surface area (Å²) in [5.41, 5.74) is 20.2. The van der Waals surface area contributed by atoms with Gasteiger partial charge in [0.15, 0.2) is 0 Å². The highest BCUT2D eigenvalue weighted by atomic mass is 16.2. The summed E-state index contributed by atoms with van der Waals surface area (Å²) in [6.07, 6.45) is 19.0. The van der Waals surface area contributed by atoms with Gasteiger partial charge in [0.25, 0.3) is 5.91 Å². The maximum absolute atomic E-state index is 12.0. The van der Waals surface area contributed by atoms with E-state index in [-0.39, 0.29) is 108 Å². The summed E-state index contributed by atoms with van der Waals surface area (Å²) in [5.74, 6) is 2.40. The number of anilines is 8. The average Bonchev–Trinajstić information content (AvgIpc) is 1.81. The molecule has 0 aromatic heterocycles. The molecule has 0 aliphatic heterocycles. The largest absolute Gasteiger partial charge is 0.326 e. The van der Waals surface area contributed by atoms with E-state index < -0.39 is 0 Å². The van der Waals surface area contributed by atoms with Gasteiger partial charge in [0, 0.05) is 88.6 Å². The minimum absolute atomic E-state index is 0.0136. The van der Waals surface area contributed by atoms with E-state index in [2.05, 4.69) is 333 Å². The van der Waals surface area contributed by atoms with Crippen molar-refractivity contribution in [3.63, 3.8) is 0 Å². The highest BCUT2D eigenvalue weighted by Gasteiger charge is 2.31. The van der Waals surface area contributed by atoms with Gasteiger partial charge in [-0.25, -0.2) is 0 Å². The molecule has 10 aromatic rings. The van der Waals surface area contributed by atoms with Gasteiger partial charge >= 0.3 is 0 Å². The van der Waals surface area contributed by atoms with E-state index in [1.54, 1.807) is 12.1 Å². The summed E-state index contributed by atoms with van der Waals surface area (Å²) in [4.78, 5) is 94.5. The van der Waals surface area contributed by atoms with Crippen LogP contribution in [-0.2, 0) is 83.3 Å². The summed E-state index contributed by atoms with van der Waals surface area (Å²) in [7, 11) is 0. The van der Waals surface area contributed by atoms with Crippen LogP contribution in [0.2, 0.25) is 0 Å². The second-order valence-electron chi connectivity index (χ2n) is 49.6. The first-order valence-corrected chi connectivity index (χ1v) is 53.5. The molecule has 0 radical (unpaired) electrons. The molecule has 3 aliphatic rings. The van der Waals surface area contributed by atoms with Crippen molar-refractivity contribution >= 4 is 92.8 Å². The summed E-state index contributed by atoms with van der Waals surface area (Å²) in [6, 6.07) is 84.0. The fourth-order valence-electron chi connectivity index (χ4n) is 16.1. The Hall–Kier alpha value is -12.0. The molecule has 13 rings (SSSR count). The molecule has 8 amide bonds. The summed E-state index contributed by atoms with van der Waals surface area (Å²) < 4.78 is 0. The van der Waals surface area contributed by atoms with Gasteiger partial charge in [0.1, 0.15) is 0 Å². The van der Waals surface area contributed by atoms with Gasteiger partial charge < -0.3 is 42.5 Å². The van der Waals surface area contributed by atoms with Crippen molar-refractivity contribution in [1.29, 1.82) is 0 Å². The van der Waals surface area contributed by atoms with E-state index in [4.69, 9.17) is 0 Å². The molecule has 3 saturated carbocycles. The van der Waals surface area contributed by atoms with Crippen LogP contribution in [0.3, 0.4) is 0 Å². The zero-order valence-corrected chi connectivity index (χ0v) is 94.8. The summed E-state index contributed by atoms with van der Waals surface area (Å²) in [6.45, 7) is 64.8. The smallest absolute Gasteiger partial charge is 0.255 e. The summed E-state index contributed by atoms with van der Waals surface area (Å²) in [5, 5.41) is 23.6. The zero-order valence-electron chi connectivity index (χ0n) is 94.8. The quantitative estimate of drug-likeness (QED) is 0.0286. The number of hydrogen-bond acceptors (Lipinski definition) is 8. The fourth-order valence-corrected chi connectivity index (χ4v) is 16.1. The van der Waals surface area contributed by atoms with Crippen LogP contribution in [0.4, 0.5) is 45.5 Å². The van der Waals surface area contributed by atoms with E-state index in [9.17, 15) is 38.4 Å². The third-order valence-electron chi connectivity index (χ3n) is 25.7. The molecule has 0 saturated heterocycles. The molecule has 146 heavy (non-hydrogen) atoms. The Morgan fingerprint density at radius 3 is 0.801 bits per heavy atom. The van der Waals surface area contributed by atoms with Crippen LogP contribution >= 0.6 is 0 Å². The van der Waals surface area contributed by atoms with Gasteiger partial charge in [-0.2, -0.15) is 0 Å². The molecule has 8 N–H and O–H groups in total. The lowest BCUT2D eigenvalue weighted by Gasteiger charge is -2.20. The number of benzene rings is 10. The third-order valence-corrected chi connectivity index (χ3v) is 25.7. The van der Waals surface area contributed by atoms with Gasteiger partial charge in [-0.1, -0.05) is 405 Å². The van der Waals surface area contributed by atoms with E-state index in [0.29, 0.717) is 43.6 Å². The maximum Gasteiger partial charge on any atom is 0.255 e. The molecule has 0 unspecified atom stereocenters. The van der Waals surface area contributed by atoms with Crippen LogP contribution < -0.4 is 42.5 Å². The normalized spacial score (nSPS) is 13.3. The SMILES string of the molecule is CC(C)(C)CC(=O)Nc1ccc(C(C)(C)C)cc1.CC(C)(C)c1ccc(NC(=O)C2CC2)cc1.CC(C)(C)c1ccc(NC(=O)C2CCCC2)cc1.CC(C)(C)c1ccc(NC(=O)CCC2CCCC2)cc1.CC(C)(C)c1ccc(NC(=O)Cc2ccccc2)cc1.CC(C)(C)c1ccc(NC(=O)c2ccccc2)cc1.CC(C)CC(=O)Nc1ccc(C(C)(C)C)cc1.CCCCCC(=O)Nc1ccc(C(C)(C)C)cc1. The molecule has 0 heterocycles. The zero-order chi connectivity index (χ0) is 109. The van der Waals surface area contributed by atoms with Crippen molar-refractivity contribution in [2.45, 2.75) is 373 Å². The molecule has 3 fully saturated rings. The molecule has 0 spiro atoms. The maximum atomic E-state index is 12.0. The van der Waals surface area contributed by atoms with Gasteiger partial charge in [-0.15, -0.1) is 0 Å². The van der Waals surface area contributed by atoms with Crippen molar-refractivity contribution in [2.24, 2.45) is 29.1 Å². The number of nitrogens with one attached hydrogen (secondary N) is 8. The van der Waals surface area contributed by atoms with Crippen LogP contribution in [0.5, 0.6) is 0 Å². The molecule has 0 bridgehead atoms.